The van der Waals surface area contributed by atoms with Crippen molar-refractivity contribution in [1.29, 1.82) is 0 Å². The van der Waals surface area contributed by atoms with Crippen LogP contribution in [-0.2, 0) is 11.3 Å². The molecule has 0 saturated carbocycles. The molecule has 2 rings (SSSR count). The average Bonchev–Trinajstić information content (AvgIpc) is 3.07. The quantitative estimate of drug-likeness (QED) is 0.826. The second-order valence-electron chi connectivity index (χ2n) is 6.13. The van der Waals surface area contributed by atoms with Crippen molar-refractivity contribution in [1.82, 2.24) is 15.4 Å². The summed E-state index contributed by atoms with van der Waals surface area (Å²) in [5.74, 6) is 1.07. The second kappa shape index (κ2) is 6.58. The van der Waals surface area contributed by atoms with Crippen LogP contribution in [0, 0.1) is 0 Å². The van der Waals surface area contributed by atoms with Crippen LogP contribution >= 0.6 is 0 Å². The number of hydrogen-bond donors (Lipinski definition) is 2. The van der Waals surface area contributed by atoms with Crippen LogP contribution in [-0.4, -0.2) is 46.8 Å². The molecule has 0 radical (unpaired) electrons. The van der Waals surface area contributed by atoms with Gasteiger partial charge in [0.1, 0.15) is 0 Å². The van der Waals surface area contributed by atoms with Gasteiger partial charge in [-0.2, -0.15) is 0 Å². The largest absolute Gasteiger partial charge is 0.394 e. The van der Waals surface area contributed by atoms with Gasteiger partial charge in [0, 0.05) is 19.5 Å². The Labute approximate surface area is 125 Å². The number of aliphatic hydroxyl groups excluding tert-OH is 1. The smallest absolute Gasteiger partial charge is 0.221 e. The monoisotopic (exact) mass is 295 g/mol. The van der Waals surface area contributed by atoms with Crippen LogP contribution in [0.5, 0.6) is 0 Å². The summed E-state index contributed by atoms with van der Waals surface area (Å²) in [5, 5.41) is 16.5. The Balaban J connectivity index is 2.10. The van der Waals surface area contributed by atoms with E-state index >= 15 is 0 Å². The van der Waals surface area contributed by atoms with Crippen molar-refractivity contribution in [2.75, 3.05) is 20.2 Å². The van der Waals surface area contributed by atoms with Crippen LogP contribution in [0.1, 0.15) is 50.5 Å². The van der Waals surface area contributed by atoms with Crippen LogP contribution in [0.25, 0.3) is 0 Å². The van der Waals surface area contributed by atoms with Crippen LogP contribution in [0.3, 0.4) is 0 Å². The molecule has 0 bridgehead atoms. The van der Waals surface area contributed by atoms with Gasteiger partial charge in [0.2, 0.25) is 5.91 Å². The van der Waals surface area contributed by atoms with E-state index in [0.717, 1.165) is 30.8 Å². The first-order valence-corrected chi connectivity index (χ1v) is 7.53. The van der Waals surface area contributed by atoms with E-state index in [2.05, 4.69) is 29.2 Å². The number of amides is 1. The molecule has 1 saturated heterocycles. The van der Waals surface area contributed by atoms with E-state index in [0.29, 0.717) is 18.9 Å². The molecule has 0 aromatic carbocycles. The van der Waals surface area contributed by atoms with Crippen molar-refractivity contribution < 1.29 is 14.4 Å². The van der Waals surface area contributed by atoms with Crippen molar-refractivity contribution in [3.05, 3.63) is 17.5 Å². The Kier molecular flexibility index (Phi) is 5.00. The number of aromatic nitrogens is 1. The molecule has 1 aromatic heterocycles. The lowest BCUT2D eigenvalue weighted by Gasteiger charge is -2.35. The third-order valence-corrected chi connectivity index (χ3v) is 4.32. The summed E-state index contributed by atoms with van der Waals surface area (Å²) in [4.78, 5) is 13.9. The van der Waals surface area contributed by atoms with Crippen molar-refractivity contribution in [2.24, 2.45) is 0 Å². The number of carbonyl (C=O) groups is 1. The van der Waals surface area contributed by atoms with Crippen LogP contribution < -0.4 is 5.32 Å². The predicted octanol–water partition coefficient (Wildman–Crippen LogP) is 1.26. The molecule has 6 heteroatoms. The predicted molar refractivity (Wildman–Crippen MR) is 78.7 cm³/mol. The highest BCUT2D eigenvalue weighted by Crippen LogP contribution is 2.33. The molecule has 1 aliphatic heterocycles. The Bertz CT molecular complexity index is 486. The van der Waals surface area contributed by atoms with E-state index in [-0.39, 0.29) is 12.5 Å². The normalized spacial score (nSPS) is 22.9. The molecule has 1 amide bonds. The zero-order chi connectivity index (χ0) is 15.5. The number of nitrogens with one attached hydrogen (secondary N) is 1. The van der Waals surface area contributed by atoms with Gasteiger partial charge in [0.15, 0.2) is 5.76 Å². The minimum atomic E-state index is -0.481. The lowest BCUT2D eigenvalue weighted by molar-refractivity contribution is -0.124. The van der Waals surface area contributed by atoms with Gasteiger partial charge in [0.05, 0.1) is 24.4 Å². The van der Waals surface area contributed by atoms with Crippen LogP contribution in [0.15, 0.2) is 10.6 Å². The summed E-state index contributed by atoms with van der Waals surface area (Å²) in [7, 11) is 1.62. The highest BCUT2D eigenvalue weighted by atomic mass is 16.5. The molecular formula is C15H25N3O3. The molecule has 0 spiro atoms. The van der Waals surface area contributed by atoms with Gasteiger partial charge in [-0.05, 0) is 25.3 Å². The molecule has 118 valence electrons. The van der Waals surface area contributed by atoms with E-state index in [9.17, 15) is 9.90 Å². The Morgan fingerprint density at radius 2 is 2.38 bits per heavy atom. The number of carbonyl (C=O) groups excluding carboxylic acids is 1. The van der Waals surface area contributed by atoms with E-state index in [1.165, 1.54) is 0 Å². The number of hydrogen-bond acceptors (Lipinski definition) is 5. The van der Waals surface area contributed by atoms with Gasteiger partial charge >= 0.3 is 0 Å². The second-order valence-corrected chi connectivity index (χ2v) is 6.13. The molecule has 1 aromatic rings. The maximum absolute atomic E-state index is 11.7. The first-order valence-electron chi connectivity index (χ1n) is 7.53. The first kappa shape index (κ1) is 16.0. The minimum absolute atomic E-state index is 0.0222. The van der Waals surface area contributed by atoms with Crippen molar-refractivity contribution in [2.45, 2.75) is 51.1 Å². The van der Waals surface area contributed by atoms with Gasteiger partial charge in [-0.1, -0.05) is 19.0 Å². The first-order chi connectivity index (χ1) is 10.0. The number of aliphatic hydroxyl groups is 1. The number of nitrogens with zero attached hydrogens (tertiary/aromatic N) is 2. The molecule has 21 heavy (non-hydrogen) atoms. The molecule has 1 aliphatic rings. The van der Waals surface area contributed by atoms with Gasteiger partial charge in [-0.3, -0.25) is 9.69 Å². The SMILES string of the molecule is CNC(=O)CC1(CO)CCCN1Cc1cc(C(C)C)no1. The Morgan fingerprint density at radius 1 is 1.62 bits per heavy atom. The lowest BCUT2D eigenvalue weighted by Crippen LogP contribution is -2.49. The summed E-state index contributed by atoms with van der Waals surface area (Å²) >= 11 is 0. The summed E-state index contributed by atoms with van der Waals surface area (Å²) in [6.07, 6.45) is 2.11. The van der Waals surface area contributed by atoms with Gasteiger partial charge in [-0.15, -0.1) is 0 Å². The molecule has 2 N–H and O–H groups in total. The minimum Gasteiger partial charge on any atom is -0.394 e. The number of likely N-dealkylation sites (tertiary alicyclic amines) is 1. The lowest BCUT2D eigenvalue weighted by atomic mass is 9.92. The van der Waals surface area contributed by atoms with E-state index in [1.54, 1.807) is 7.05 Å². The number of rotatable bonds is 6. The molecule has 1 unspecified atom stereocenters. The van der Waals surface area contributed by atoms with Crippen molar-refractivity contribution >= 4 is 5.91 Å². The fourth-order valence-corrected chi connectivity index (χ4v) is 2.93. The summed E-state index contributed by atoms with van der Waals surface area (Å²) in [6, 6.07) is 1.96. The van der Waals surface area contributed by atoms with E-state index in [1.807, 2.05) is 6.07 Å². The molecular weight excluding hydrogens is 270 g/mol. The fourth-order valence-electron chi connectivity index (χ4n) is 2.93. The average molecular weight is 295 g/mol. The Morgan fingerprint density at radius 3 is 2.95 bits per heavy atom. The molecule has 0 aliphatic carbocycles. The highest BCUT2D eigenvalue weighted by molar-refractivity contribution is 5.77. The van der Waals surface area contributed by atoms with Crippen molar-refractivity contribution in [3.8, 4) is 0 Å². The zero-order valence-corrected chi connectivity index (χ0v) is 13.1. The molecule has 6 nitrogen and oxygen atoms in total. The van der Waals surface area contributed by atoms with Crippen LogP contribution in [0.4, 0.5) is 0 Å². The third-order valence-electron chi connectivity index (χ3n) is 4.32. The van der Waals surface area contributed by atoms with Crippen molar-refractivity contribution in [3.63, 3.8) is 0 Å². The maximum Gasteiger partial charge on any atom is 0.221 e. The highest BCUT2D eigenvalue weighted by Gasteiger charge is 2.42. The Hall–Kier alpha value is -1.40. The molecule has 1 atom stereocenters. The topological polar surface area (TPSA) is 78.6 Å². The molecule has 2 heterocycles. The zero-order valence-electron chi connectivity index (χ0n) is 13.1. The maximum atomic E-state index is 11.7. The molecule has 1 fully saturated rings. The van der Waals surface area contributed by atoms with Gasteiger partial charge < -0.3 is 14.9 Å². The summed E-state index contributed by atoms with van der Waals surface area (Å²) in [6.45, 7) is 5.56. The van der Waals surface area contributed by atoms with E-state index < -0.39 is 5.54 Å². The standard InChI is InChI=1S/C15H25N3O3/c1-11(2)13-7-12(21-17-13)9-18-6-4-5-15(18,10-19)8-14(20)16-3/h7,11,19H,4-6,8-10H2,1-3H3,(H,16,20). The van der Waals surface area contributed by atoms with Gasteiger partial charge in [-0.25, -0.2) is 0 Å². The van der Waals surface area contributed by atoms with Gasteiger partial charge in [0.25, 0.3) is 0 Å². The van der Waals surface area contributed by atoms with E-state index in [4.69, 9.17) is 4.52 Å². The fraction of sp³-hybridized carbons (Fsp3) is 0.733. The summed E-state index contributed by atoms with van der Waals surface area (Å²) in [5.41, 5.74) is 0.454. The van der Waals surface area contributed by atoms with Crippen LogP contribution in [0.2, 0.25) is 0 Å². The summed E-state index contributed by atoms with van der Waals surface area (Å²) < 4.78 is 5.38. The third kappa shape index (κ3) is 3.44.